The monoisotopic (exact) mass is 394 g/mol. The topological polar surface area (TPSA) is 64.7 Å². The van der Waals surface area contributed by atoms with Gasteiger partial charge in [0.05, 0.1) is 12.6 Å². The SMILES string of the molecule is CC1CCC(F)C2CC(C(=O)N[C@@H]3CCC[C@@H](N4CCN(C)C(=O)C4)C3)NC12. The fraction of sp³-hybridized carbons (Fsp3) is 0.905. The van der Waals surface area contributed by atoms with Crippen LogP contribution in [0.3, 0.4) is 0 Å². The number of likely N-dealkylation sites (N-methyl/N-ethyl adjacent to an activating group) is 1. The Kier molecular flexibility index (Phi) is 5.93. The zero-order chi connectivity index (χ0) is 19.8. The molecule has 0 bridgehead atoms. The van der Waals surface area contributed by atoms with Crippen LogP contribution in [0.1, 0.15) is 51.9 Å². The maximum Gasteiger partial charge on any atom is 0.237 e. The van der Waals surface area contributed by atoms with E-state index < -0.39 is 6.17 Å². The van der Waals surface area contributed by atoms with Gasteiger partial charge in [-0.1, -0.05) is 6.92 Å². The highest BCUT2D eigenvalue weighted by Gasteiger charge is 2.46. The van der Waals surface area contributed by atoms with E-state index in [1.54, 1.807) is 4.90 Å². The first kappa shape index (κ1) is 20.1. The van der Waals surface area contributed by atoms with Gasteiger partial charge in [0.2, 0.25) is 11.8 Å². The molecule has 6 nitrogen and oxygen atoms in total. The van der Waals surface area contributed by atoms with E-state index in [9.17, 15) is 14.0 Å². The minimum absolute atomic E-state index is 0.0186. The van der Waals surface area contributed by atoms with Gasteiger partial charge in [-0.05, 0) is 50.9 Å². The summed E-state index contributed by atoms with van der Waals surface area (Å²) in [5.74, 6) is 0.637. The zero-order valence-corrected chi connectivity index (χ0v) is 17.2. The van der Waals surface area contributed by atoms with Gasteiger partial charge >= 0.3 is 0 Å². The Labute approximate surface area is 167 Å². The minimum atomic E-state index is -0.777. The van der Waals surface area contributed by atoms with Gasteiger partial charge in [0.25, 0.3) is 0 Å². The molecule has 0 spiro atoms. The number of piperazine rings is 1. The molecule has 158 valence electrons. The maximum atomic E-state index is 14.3. The number of carbonyl (C=O) groups is 2. The Hall–Kier alpha value is -1.21. The van der Waals surface area contributed by atoms with E-state index in [2.05, 4.69) is 22.5 Å². The van der Waals surface area contributed by atoms with Crippen LogP contribution in [-0.2, 0) is 9.59 Å². The Bertz CT molecular complexity index is 585. The van der Waals surface area contributed by atoms with Crippen molar-refractivity contribution in [3.8, 4) is 0 Å². The van der Waals surface area contributed by atoms with Crippen LogP contribution < -0.4 is 10.6 Å². The third-order valence-corrected chi connectivity index (χ3v) is 7.65. The molecule has 0 aromatic rings. The summed E-state index contributed by atoms with van der Waals surface area (Å²) in [5.41, 5.74) is 0. The highest BCUT2D eigenvalue weighted by molar-refractivity contribution is 5.82. The average Bonchev–Trinajstić information content (AvgIpc) is 3.14. The molecule has 7 atom stereocenters. The predicted octanol–water partition coefficient (Wildman–Crippen LogP) is 1.30. The fourth-order valence-electron chi connectivity index (χ4n) is 5.82. The van der Waals surface area contributed by atoms with Crippen molar-refractivity contribution in [2.24, 2.45) is 11.8 Å². The molecule has 0 aromatic heterocycles. The largest absolute Gasteiger partial charge is 0.352 e. The van der Waals surface area contributed by atoms with Gasteiger partial charge in [-0.2, -0.15) is 0 Å². The van der Waals surface area contributed by atoms with Crippen molar-refractivity contribution in [3.63, 3.8) is 0 Å². The van der Waals surface area contributed by atoms with Crippen molar-refractivity contribution in [2.45, 2.75) is 82.2 Å². The number of rotatable bonds is 3. The molecule has 5 unspecified atom stereocenters. The Morgan fingerprint density at radius 3 is 2.75 bits per heavy atom. The van der Waals surface area contributed by atoms with Crippen molar-refractivity contribution in [2.75, 3.05) is 26.7 Å². The number of nitrogens with one attached hydrogen (secondary N) is 2. The number of amides is 2. The molecule has 4 fully saturated rings. The Morgan fingerprint density at radius 2 is 2.00 bits per heavy atom. The van der Waals surface area contributed by atoms with Crippen LogP contribution in [0.25, 0.3) is 0 Å². The van der Waals surface area contributed by atoms with Crippen molar-refractivity contribution >= 4 is 11.8 Å². The number of fused-ring (bicyclic) bond motifs is 1. The number of nitrogens with zero attached hydrogens (tertiary/aromatic N) is 2. The second-order valence-electron chi connectivity index (χ2n) is 9.53. The number of carbonyl (C=O) groups excluding carboxylic acids is 2. The second-order valence-corrected chi connectivity index (χ2v) is 9.53. The summed E-state index contributed by atoms with van der Waals surface area (Å²) in [7, 11) is 1.86. The third-order valence-electron chi connectivity index (χ3n) is 7.65. The smallest absolute Gasteiger partial charge is 0.237 e. The fourth-order valence-corrected chi connectivity index (χ4v) is 5.82. The van der Waals surface area contributed by atoms with Crippen molar-refractivity contribution < 1.29 is 14.0 Å². The number of alkyl halides is 1. The first-order chi connectivity index (χ1) is 13.4. The van der Waals surface area contributed by atoms with E-state index in [1.807, 2.05) is 7.05 Å². The van der Waals surface area contributed by atoms with Crippen LogP contribution >= 0.6 is 0 Å². The molecule has 2 aliphatic carbocycles. The number of hydrogen-bond acceptors (Lipinski definition) is 4. The minimum Gasteiger partial charge on any atom is -0.352 e. The Morgan fingerprint density at radius 1 is 1.18 bits per heavy atom. The number of halogens is 1. The van der Waals surface area contributed by atoms with E-state index >= 15 is 0 Å². The van der Waals surface area contributed by atoms with Gasteiger partial charge in [-0.15, -0.1) is 0 Å². The summed E-state index contributed by atoms with van der Waals surface area (Å²) in [6, 6.07) is 0.393. The summed E-state index contributed by atoms with van der Waals surface area (Å²) in [5, 5.41) is 6.68. The van der Waals surface area contributed by atoms with Crippen LogP contribution in [0.4, 0.5) is 4.39 Å². The second kappa shape index (κ2) is 8.27. The maximum absolute atomic E-state index is 14.3. The van der Waals surface area contributed by atoms with Crippen LogP contribution in [0.5, 0.6) is 0 Å². The molecule has 2 amide bonds. The highest BCUT2D eigenvalue weighted by Crippen LogP contribution is 2.38. The predicted molar refractivity (Wildman–Crippen MR) is 106 cm³/mol. The normalized spacial score (nSPS) is 42.3. The van der Waals surface area contributed by atoms with Gasteiger partial charge in [0, 0.05) is 44.2 Å². The molecule has 2 N–H and O–H groups in total. The summed E-state index contributed by atoms with van der Waals surface area (Å²) >= 11 is 0. The van der Waals surface area contributed by atoms with Gasteiger partial charge in [0.1, 0.15) is 6.17 Å². The van der Waals surface area contributed by atoms with Crippen LogP contribution in [0, 0.1) is 11.8 Å². The Balaban J connectivity index is 1.30. The summed E-state index contributed by atoms with van der Waals surface area (Å²) in [6.45, 7) is 4.35. The average molecular weight is 395 g/mol. The zero-order valence-electron chi connectivity index (χ0n) is 17.2. The third kappa shape index (κ3) is 4.06. The molecule has 7 heteroatoms. The van der Waals surface area contributed by atoms with Gasteiger partial charge in [-0.25, -0.2) is 4.39 Å². The molecule has 0 aromatic carbocycles. The first-order valence-corrected chi connectivity index (χ1v) is 11.1. The molecule has 28 heavy (non-hydrogen) atoms. The van der Waals surface area contributed by atoms with Gasteiger partial charge < -0.3 is 15.5 Å². The highest BCUT2D eigenvalue weighted by atomic mass is 19.1. The summed E-state index contributed by atoms with van der Waals surface area (Å²) in [6.07, 6.45) is 5.44. The lowest BCUT2D eigenvalue weighted by Crippen LogP contribution is -2.55. The van der Waals surface area contributed by atoms with Gasteiger partial charge in [0.15, 0.2) is 0 Å². The van der Waals surface area contributed by atoms with E-state index in [0.717, 1.165) is 45.2 Å². The van der Waals surface area contributed by atoms with E-state index in [-0.39, 0.29) is 35.9 Å². The molecule has 2 heterocycles. The molecule has 4 aliphatic rings. The molecular weight excluding hydrogens is 359 g/mol. The van der Waals surface area contributed by atoms with E-state index in [4.69, 9.17) is 0 Å². The molecule has 4 rings (SSSR count). The molecule has 0 radical (unpaired) electrons. The van der Waals surface area contributed by atoms with Crippen molar-refractivity contribution in [1.29, 1.82) is 0 Å². The summed E-state index contributed by atoms with van der Waals surface area (Å²) < 4.78 is 14.3. The van der Waals surface area contributed by atoms with Crippen LogP contribution in [-0.4, -0.2) is 78.6 Å². The van der Waals surface area contributed by atoms with E-state index in [0.29, 0.717) is 31.3 Å². The lowest BCUT2D eigenvalue weighted by Gasteiger charge is -2.41. The molecule has 2 aliphatic heterocycles. The van der Waals surface area contributed by atoms with Crippen LogP contribution in [0.2, 0.25) is 0 Å². The molecule has 2 saturated heterocycles. The van der Waals surface area contributed by atoms with Crippen molar-refractivity contribution in [3.05, 3.63) is 0 Å². The first-order valence-electron chi connectivity index (χ1n) is 11.1. The number of hydrogen-bond donors (Lipinski definition) is 2. The van der Waals surface area contributed by atoms with E-state index in [1.165, 1.54) is 0 Å². The lowest BCUT2D eigenvalue weighted by molar-refractivity contribution is -0.136. The quantitative estimate of drug-likeness (QED) is 0.758. The summed E-state index contributed by atoms with van der Waals surface area (Å²) in [4.78, 5) is 29.0. The standard InChI is InChI=1S/C21H35FN4O2/c1-13-6-7-17(22)16-11-18(24-20(13)16)21(28)23-14-4-3-5-15(10-14)26-9-8-25(2)19(27)12-26/h13-18,20,24H,3-12H2,1-2H3,(H,23,28)/t13?,14-,15-,16?,17?,18?,20?/m1/s1. The van der Waals surface area contributed by atoms with Gasteiger partial charge in [-0.3, -0.25) is 14.5 Å². The van der Waals surface area contributed by atoms with Crippen LogP contribution in [0.15, 0.2) is 0 Å². The lowest BCUT2D eigenvalue weighted by atomic mass is 9.77. The van der Waals surface area contributed by atoms with Crippen molar-refractivity contribution in [1.82, 2.24) is 20.4 Å². The molecule has 2 saturated carbocycles. The molecular formula is C21H35FN4O2.